The molecule has 0 spiro atoms. The monoisotopic (exact) mass is 333 g/mol. The molecule has 8 heteroatoms. The first-order valence-electron chi connectivity index (χ1n) is 6.29. The summed E-state index contributed by atoms with van der Waals surface area (Å²) in [5, 5.41) is 11.4. The molecule has 2 aromatic rings. The van der Waals surface area contributed by atoms with Crippen molar-refractivity contribution >= 4 is 23.1 Å². The van der Waals surface area contributed by atoms with Gasteiger partial charge in [0, 0.05) is 11.4 Å². The Morgan fingerprint density at radius 1 is 1.29 bits per heavy atom. The summed E-state index contributed by atoms with van der Waals surface area (Å²) in [6.07, 6.45) is -4.38. The first-order valence-corrected chi connectivity index (χ1v) is 7.92. The van der Waals surface area contributed by atoms with Crippen molar-refractivity contribution < 1.29 is 13.2 Å². The van der Waals surface area contributed by atoms with Crippen molar-refractivity contribution in [3.8, 4) is 0 Å². The predicted octanol–water partition coefficient (Wildman–Crippen LogP) is 4.13. The van der Waals surface area contributed by atoms with Gasteiger partial charge < -0.3 is 5.32 Å². The van der Waals surface area contributed by atoms with Crippen molar-refractivity contribution in [1.82, 2.24) is 15.5 Å². The van der Waals surface area contributed by atoms with Crippen LogP contribution >= 0.6 is 23.1 Å². The molecule has 0 amide bonds. The van der Waals surface area contributed by atoms with Crippen LogP contribution in [0, 0.1) is 6.92 Å². The van der Waals surface area contributed by atoms with Crippen LogP contribution in [0.25, 0.3) is 0 Å². The minimum absolute atomic E-state index is 0.152. The molecule has 1 heterocycles. The molecule has 1 aromatic heterocycles. The van der Waals surface area contributed by atoms with Gasteiger partial charge >= 0.3 is 6.18 Å². The summed E-state index contributed by atoms with van der Waals surface area (Å²) in [7, 11) is 0. The highest BCUT2D eigenvalue weighted by atomic mass is 32.2. The zero-order chi connectivity index (χ0) is 15.5. The number of alkyl halides is 3. The van der Waals surface area contributed by atoms with E-state index >= 15 is 0 Å². The van der Waals surface area contributed by atoms with Crippen LogP contribution in [0.4, 0.5) is 13.2 Å². The Morgan fingerprint density at radius 3 is 2.62 bits per heavy atom. The highest BCUT2D eigenvalue weighted by Gasteiger charge is 2.34. The molecule has 0 saturated heterocycles. The van der Waals surface area contributed by atoms with Gasteiger partial charge in [-0.1, -0.05) is 36.1 Å². The van der Waals surface area contributed by atoms with Gasteiger partial charge in [-0.25, -0.2) is 0 Å². The Balaban J connectivity index is 2.31. The topological polar surface area (TPSA) is 37.8 Å². The largest absolute Gasteiger partial charge is 0.417 e. The fourth-order valence-corrected chi connectivity index (χ4v) is 3.58. The molecule has 1 N–H and O–H groups in total. The number of rotatable bonds is 5. The van der Waals surface area contributed by atoms with Crippen LogP contribution < -0.4 is 5.32 Å². The van der Waals surface area contributed by atoms with Crippen molar-refractivity contribution in [1.29, 1.82) is 0 Å². The molecule has 0 aliphatic carbocycles. The SMILES string of the molecule is CCNCc1ccc(Sc2nnc(C)s2)c(C(F)(F)F)c1. The highest BCUT2D eigenvalue weighted by Crippen LogP contribution is 2.40. The lowest BCUT2D eigenvalue weighted by atomic mass is 10.1. The summed E-state index contributed by atoms with van der Waals surface area (Å²) in [6, 6.07) is 4.39. The Morgan fingerprint density at radius 2 is 2.05 bits per heavy atom. The van der Waals surface area contributed by atoms with Crippen LogP contribution in [0.15, 0.2) is 27.4 Å². The predicted molar refractivity (Wildman–Crippen MR) is 77.6 cm³/mol. The van der Waals surface area contributed by atoms with Gasteiger partial charge in [0.25, 0.3) is 0 Å². The summed E-state index contributed by atoms with van der Waals surface area (Å²) in [4.78, 5) is 0.152. The molecule has 3 nitrogen and oxygen atoms in total. The molecule has 2 rings (SSSR count). The van der Waals surface area contributed by atoms with Crippen molar-refractivity contribution in [2.75, 3.05) is 6.54 Å². The first kappa shape index (κ1) is 16.3. The Kier molecular flexibility index (Phi) is 5.23. The van der Waals surface area contributed by atoms with E-state index in [4.69, 9.17) is 0 Å². The lowest BCUT2D eigenvalue weighted by Crippen LogP contribution is -2.13. The molecule has 0 radical (unpaired) electrons. The number of nitrogens with one attached hydrogen (secondary N) is 1. The van der Waals surface area contributed by atoms with E-state index in [9.17, 15) is 13.2 Å². The van der Waals surface area contributed by atoms with E-state index in [-0.39, 0.29) is 4.90 Å². The minimum Gasteiger partial charge on any atom is -0.313 e. The molecule has 114 valence electrons. The van der Waals surface area contributed by atoms with Gasteiger partial charge in [-0.15, -0.1) is 10.2 Å². The molecule has 0 aliphatic heterocycles. The molecular formula is C13H14F3N3S2. The van der Waals surface area contributed by atoms with E-state index in [2.05, 4.69) is 15.5 Å². The van der Waals surface area contributed by atoms with Crippen LogP contribution in [0.3, 0.4) is 0 Å². The number of aryl methyl sites for hydroxylation is 1. The second kappa shape index (κ2) is 6.76. The van der Waals surface area contributed by atoms with Gasteiger partial charge in [0.05, 0.1) is 5.56 Å². The zero-order valence-electron chi connectivity index (χ0n) is 11.5. The Hall–Kier alpha value is -1.12. The summed E-state index contributed by atoms with van der Waals surface area (Å²) >= 11 is 2.28. The van der Waals surface area contributed by atoms with Gasteiger partial charge in [0.15, 0.2) is 4.34 Å². The maximum absolute atomic E-state index is 13.2. The van der Waals surface area contributed by atoms with Crippen LogP contribution in [0.5, 0.6) is 0 Å². The fourth-order valence-electron chi connectivity index (χ4n) is 1.68. The quantitative estimate of drug-likeness (QED) is 0.893. The molecule has 0 bridgehead atoms. The van der Waals surface area contributed by atoms with E-state index in [0.29, 0.717) is 23.0 Å². The number of aromatic nitrogens is 2. The van der Waals surface area contributed by atoms with Crippen LogP contribution in [0.1, 0.15) is 23.1 Å². The average molecular weight is 333 g/mol. The van der Waals surface area contributed by atoms with Gasteiger partial charge in [0.1, 0.15) is 5.01 Å². The Bertz CT molecular complexity index is 611. The van der Waals surface area contributed by atoms with Crippen molar-refractivity contribution in [3.05, 3.63) is 34.3 Å². The van der Waals surface area contributed by atoms with Gasteiger partial charge in [-0.3, -0.25) is 0 Å². The van der Waals surface area contributed by atoms with E-state index in [1.54, 1.807) is 13.0 Å². The molecule has 1 aromatic carbocycles. The lowest BCUT2D eigenvalue weighted by molar-refractivity contribution is -0.139. The Labute approximate surface area is 129 Å². The molecular weight excluding hydrogens is 319 g/mol. The molecule has 0 aliphatic rings. The third-order valence-electron chi connectivity index (χ3n) is 2.63. The van der Waals surface area contributed by atoms with Gasteiger partial charge in [-0.2, -0.15) is 13.2 Å². The lowest BCUT2D eigenvalue weighted by Gasteiger charge is -2.13. The molecule has 0 atom stereocenters. The number of nitrogens with zero attached hydrogens (tertiary/aromatic N) is 2. The molecule has 21 heavy (non-hydrogen) atoms. The first-order chi connectivity index (χ1) is 9.90. The third-order valence-corrected chi connectivity index (χ3v) is 4.60. The van der Waals surface area contributed by atoms with E-state index < -0.39 is 11.7 Å². The average Bonchev–Trinajstić information content (AvgIpc) is 2.82. The summed E-state index contributed by atoms with van der Waals surface area (Å²) in [6.45, 7) is 4.81. The van der Waals surface area contributed by atoms with Gasteiger partial charge in [-0.05, 0) is 31.2 Å². The standard InChI is InChI=1S/C13H14F3N3S2/c1-3-17-7-9-4-5-11(10(6-9)13(14,15)16)21-12-19-18-8(2)20-12/h4-6,17H,3,7H2,1-2H3. The summed E-state index contributed by atoms with van der Waals surface area (Å²) in [5.74, 6) is 0. The van der Waals surface area contributed by atoms with Gasteiger partial charge in [0.2, 0.25) is 0 Å². The number of benzene rings is 1. The third kappa shape index (κ3) is 4.42. The van der Waals surface area contributed by atoms with Crippen LogP contribution in [0.2, 0.25) is 0 Å². The van der Waals surface area contributed by atoms with Crippen LogP contribution in [-0.2, 0) is 12.7 Å². The summed E-state index contributed by atoms with van der Waals surface area (Å²) < 4.78 is 40.1. The normalized spacial score (nSPS) is 11.9. The van der Waals surface area contributed by atoms with E-state index in [0.717, 1.165) is 16.8 Å². The number of hydrogen-bond donors (Lipinski definition) is 1. The van der Waals surface area contributed by atoms with Crippen LogP contribution in [-0.4, -0.2) is 16.7 Å². The number of halogens is 3. The highest BCUT2D eigenvalue weighted by molar-refractivity contribution is 8.01. The van der Waals surface area contributed by atoms with E-state index in [1.165, 1.54) is 23.5 Å². The zero-order valence-corrected chi connectivity index (χ0v) is 13.1. The van der Waals surface area contributed by atoms with Crippen molar-refractivity contribution in [2.45, 2.75) is 35.8 Å². The summed E-state index contributed by atoms with van der Waals surface area (Å²) in [5.41, 5.74) is -0.0160. The minimum atomic E-state index is -4.38. The maximum atomic E-state index is 13.2. The molecule has 0 saturated carbocycles. The fraction of sp³-hybridized carbons (Fsp3) is 0.385. The second-order valence-corrected chi connectivity index (χ2v) is 6.77. The smallest absolute Gasteiger partial charge is 0.313 e. The molecule has 0 unspecified atom stereocenters. The van der Waals surface area contributed by atoms with E-state index in [1.807, 2.05) is 6.92 Å². The molecule has 0 fully saturated rings. The second-order valence-electron chi connectivity index (χ2n) is 4.30. The van der Waals surface area contributed by atoms with Crippen molar-refractivity contribution in [3.63, 3.8) is 0 Å². The maximum Gasteiger partial charge on any atom is 0.417 e. The van der Waals surface area contributed by atoms with Crippen molar-refractivity contribution in [2.24, 2.45) is 0 Å². The number of hydrogen-bond acceptors (Lipinski definition) is 5.